The van der Waals surface area contributed by atoms with Crippen LogP contribution in [0.1, 0.15) is 11.1 Å². The van der Waals surface area contributed by atoms with Crippen LogP contribution in [0.15, 0.2) is 18.2 Å². The highest BCUT2D eigenvalue weighted by Gasteiger charge is 2.12. The summed E-state index contributed by atoms with van der Waals surface area (Å²) >= 11 is 0. The van der Waals surface area contributed by atoms with Gasteiger partial charge in [0.25, 0.3) is 10.2 Å². The van der Waals surface area contributed by atoms with Gasteiger partial charge in [0.05, 0.1) is 19.3 Å². The molecule has 0 aliphatic heterocycles. The Morgan fingerprint density at radius 2 is 2.00 bits per heavy atom. The molecule has 0 heterocycles. The van der Waals surface area contributed by atoms with Gasteiger partial charge in [-0.2, -0.15) is 13.7 Å². The third-order valence-electron chi connectivity index (χ3n) is 2.27. The van der Waals surface area contributed by atoms with E-state index in [0.29, 0.717) is 5.56 Å². The number of nitrogens with one attached hydrogen (secondary N) is 1. The number of anilines is 1. The number of nitriles is 1. The highest BCUT2D eigenvalue weighted by molar-refractivity contribution is 7.90. The summed E-state index contributed by atoms with van der Waals surface area (Å²) in [4.78, 5) is 0. The first kappa shape index (κ1) is 16.3. The first-order chi connectivity index (χ1) is 9.12. The predicted molar refractivity (Wildman–Crippen MR) is 82.9 cm³/mol. The second kappa shape index (κ2) is 6.10. The van der Waals surface area contributed by atoms with Crippen molar-refractivity contribution >= 4 is 24.0 Å². The molecule has 5 nitrogen and oxygen atoms in total. The van der Waals surface area contributed by atoms with Crippen molar-refractivity contribution in [3.8, 4) is 17.9 Å². The molecular formula is C13H17N3O2SSi. The van der Waals surface area contributed by atoms with Crippen molar-refractivity contribution in [2.45, 2.75) is 25.7 Å². The summed E-state index contributed by atoms with van der Waals surface area (Å²) in [6.07, 6.45) is 0. The quantitative estimate of drug-likeness (QED) is 0.659. The van der Waals surface area contributed by atoms with Gasteiger partial charge in [0.2, 0.25) is 0 Å². The van der Waals surface area contributed by atoms with Gasteiger partial charge in [0.1, 0.15) is 6.07 Å². The van der Waals surface area contributed by atoms with E-state index in [-0.39, 0.29) is 11.3 Å². The molecule has 0 aromatic heterocycles. The maximum absolute atomic E-state index is 11.1. The highest BCUT2D eigenvalue weighted by Crippen LogP contribution is 2.19. The van der Waals surface area contributed by atoms with Gasteiger partial charge in [0.15, 0.2) is 0 Å². The molecule has 1 aromatic carbocycles. The van der Waals surface area contributed by atoms with Crippen LogP contribution in [-0.2, 0) is 10.2 Å². The molecule has 0 bridgehead atoms. The summed E-state index contributed by atoms with van der Waals surface area (Å²) < 4.78 is 24.2. The van der Waals surface area contributed by atoms with Gasteiger partial charge in [-0.25, -0.2) is 5.14 Å². The second-order valence-corrected chi connectivity index (χ2v) is 12.3. The minimum absolute atomic E-state index is 0.148. The van der Waals surface area contributed by atoms with E-state index < -0.39 is 18.3 Å². The minimum Gasteiger partial charge on any atom is -0.270 e. The number of hydrogen-bond acceptors (Lipinski definition) is 3. The van der Waals surface area contributed by atoms with Gasteiger partial charge in [-0.15, -0.1) is 5.92 Å². The molecule has 0 aliphatic carbocycles. The predicted octanol–water partition coefficient (Wildman–Crippen LogP) is 1.86. The van der Waals surface area contributed by atoms with Crippen molar-refractivity contribution in [3.05, 3.63) is 29.3 Å². The summed E-state index contributed by atoms with van der Waals surface area (Å²) in [6, 6.07) is 7.57. The Bertz CT molecular complexity index is 704. The van der Waals surface area contributed by atoms with E-state index in [1.54, 1.807) is 12.1 Å². The van der Waals surface area contributed by atoms with Gasteiger partial charge in [0, 0.05) is 11.6 Å². The van der Waals surface area contributed by atoms with Gasteiger partial charge in [-0.1, -0.05) is 31.6 Å². The number of benzene rings is 1. The fraction of sp³-hybridized carbons (Fsp3) is 0.308. The second-order valence-electron chi connectivity index (χ2n) is 5.53. The molecule has 1 rings (SSSR count). The zero-order valence-electron chi connectivity index (χ0n) is 11.7. The van der Waals surface area contributed by atoms with Crippen molar-refractivity contribution in [2.75, 3.05) is 4.72 Å². The molecule has 0 unspecified atom stereocenters. The average Bonchev–Trinajstić information content (AvgIpc) is 2.25. The van der Waals surface area contributed by atoms with Crippen LogP contribution in [0.3, 0.4) is 0 Å². The van der Waals surface area contributed by atoms with Crippen LogP contribution in [0.4, 0.5) is 5.69 Å². The van der Waals surface area contributed by atoms with E-state index in [2.05, 4.69) is 36.2 Å². The molecule has 1 aromatic rings. The fourth-order valence-corrected chi connectivity index (χ4v) is 2.52. The van der Waals surface area contributed by atoms with Crippen LogP contribution < -0.4 is 9.86 Å². The molecule has 0 spiro atoms. The monoisotopic (exact) mass is 307 g/mol. The molecule has 106 valence electrons. The van der Waals surface area contributed by atoms with Crippen molar-refractivity contribution in [3.63, 3.8) is 0 Å². The third kappa shape index (κ3) is 5.45. The molecule has 0 amide bonds. The Kier molecular flexibility index (Phi) is 4.96. The van der Waals surface area contributed by atoms with Crippen LogP contribution in [-0.4, -0.2) is 16.5 Å². The standard InChI is InChI=1S/C13H17N3O2SSi/c1-20(2,3)9-5-7-11-6-4-8-13(12(11)10-14)16-19(15,17)18/h4,6,8,16H,9H2,1-3H3,(H2,15,17,18). The molecule has 0 fully saturated rings. The Morgan fingerprint density at radius 3 is 2.50 bits per heavy atom. The fourth-order valence-electron chi connectivity index (χ4n) is 1.42. The van der Waals surface area contributed by atoms with Crippen molar-refractivity contribution < 1.29 is 8.42 Å². The van der Waals surface area contributed by atoms with Crippen LogP contribution in [0.2, 0.25) is 25.7 Å². The van der Waals surface area contributed by atoms with Crippen LogP contribution in [0.5, 0.6) is 0 Å². The molecular weight excluding hydrogens is 290 g/mol. The molecule has 0 radical (unpaired) electrons. The van der Waals surface area contributed by atoms with Gasteiger partial charge in [-0.3, -0.25) is 4.72 Å². The van der Waals surface area contributed by atoms with Crippen molar-refractivity contribution in [2.24, 2.45) is 5.14 Å². The van der Waals surface area contributed by atoms with E-state index >= 15 is 0 Å². The smallest absolute Gasteiger partial charge is 0.270 e. The van der Waals surface area contributed by atoms with E-state index in [0.717, 1.165) is 6.04 Å². The van der Waals surface area contributed by atoms with Gasteiger partial charge >= 0.3 is 0 Å². The Labute approximate surface area is 121 Å². The molecule has 20 heavy (non-hydrogen) atoms. The topological polar surface area (TPSA) is 96.0 Å². The lowest BCUT2D eigenvalue weighted by Crippen LogP contribution is -2.22. The molecule has 0 saturated heterocycles. The maximum Gasteiger partial charge on any atom is 0.296 e. The van der Waals surface area contributed by atoms with E-state index in [1.807, 2.05) is 6.07 Å². The Balaban J connectivity index is 3.17. The third-order valence-corrected chi connectivity index (χ3v) is 4.01. The summed E-state index contributed by atoms with van der Waals surface area (Å²) in [5, 5.41) is 14.1. The zero-order valence-corrected chi connectivity index (χ0v) is 13.5. The van der Waals surface area contributed by atoms with E-state index in [4.69, 9.17) is 5.14 Å². The summed E-state index contributed by atoms with van der Waals surface area (Å²) in [5.74, 6) is 5.99. The lowest BCUT2D eigenvalue weighted by atomic mass is 10.1. The summed E-state index contributed by atoms with van der Waals surface area (Å²) in [6.45, 7) is 6.60. The zero-order chi connectivity index (χ0) is 15.4. The lowest BCUT2D eigenvalue weighted by Gasteiger charge is -2.10. The largest absolute Gasteiger partial charge is 0.296 e. The number of rotatable bonds is 3. The number of hydrogen-bond donors (Lipinski definition) is 2. The Hall–Kier alpha value is -1.80. The molecule has 0 atom stereocenters. The van der Waals surface area contributed by atoms with Crippen molar-refractivity contribution in [1.82, 2.24) is 0 Å². The molecule has 7 heteroatoms. The van der Waals surface area contributed by atoms with Crippen molar-refractivity contribution in [1.29, 1.82) is 5.26 Å². The van der Waals surface area contributed by atoms with Crippen LogP contribution in [0.25, 0.3) is 0 Å². The summed E-state index contributed by atoms with van der Waals surface area (Å²) in [7, 11) is -5.19. The SMILES string of the molecule is C[Si](C)(C)CC#Cc1cccc(NS(N)(=O)=O)c1C#N. The summed E-state index contributed by atoms with van der Waals surface area (Å²) in [5.41, 5.74) is 0.832. The minimum atomic E-state index is -3.91. The molecule has 3 N–H and O–H groups in total. The Morgan fingerprint density at radius 1 is 1.35 bits per heavy atom. The molecule has 0 aliphatic rings. The first-order valence-electron chi connectivity index (χ1n) is 5.95. The number of nitrogens with two attached hydrogens (primary N) is 1. The first-order valence-corrected chi connectivity index (χ1v) is 11.2. The van der Waals surface area contributed by atoms with Gasteiger partial charge in [-0.05, 0) is 12.1 Å². The normalized spacial score (nSPS) is 11.2. The lowest BCUT2D eigenvalue weighted by molar-refractivity contribution is 0.603. The van der Waals surface area contributed by atoms with Crippen LogP contribution in [0, 0.1) is 23.2 Å². The number of nitrogens with zero attached hydrogens (tertiary/aromatic N) is 1. The maximum atomic E-state index is 11.1. The van der Waals surface area contributed by atoms with E-state index in [1.165, 1.54) is 6.07 Å². The van der Waals surface area contributed by atoms with Gasteiger partial charge < -0.3 is 0 Å². The van der Waals surface area contributed by atoms with E-state index in [9.17, 15) is 13.7 Å². The molecule has 0 saturated carbocycles. The average molecular weight is 307 g/mol. The highest BCUT2D eigenvalue weighted by atomic mass is 32.2. The van der Waals surface area contributed by atoms with Crippen LogP contribution >= 0.6 is 0 Å².